The second-order valence-corrected chi connectivity index (χ2v) is 19.0. The minimum Gasteiger partial charge on any atom is -0.438 e. The average molecular weight is 849 g/mol. The van der Waals surface area contributed by atoms with Crippen LogP contribution in [0.2, 0.25) is 0 Å². The predicted molar refractivity (Wildman–Crippen MR) is 244 cm³/mol. The molecule has 2 atom stereocenters. The molecule has 2 aliphatic rings. The molecule has 8 rings (SSSR count). The molecule has 12 nitrogen and oxygen atoms in total. The third kappa shape index (κ3) is 9.60. The second kappa shape index (κ2) is 17.7. The van der Waals surface area contributed by atoms with Gasteiger partial charge in [0.05, 0.1) is 34.8 Å². The zero-order valence-electron chi connectivity index (χ0n) is 37.9. The molecule has 63 heavy (non-hydrogen) atoms. The molecule has 0 N–H and O–H groups in total. The Labute approximate surface area is 371 Å². The van der Waals surface area contributed by atoms with Crippen molar-refractivity contribution in [2.75, 3.05) is 13.1 Å². The maximum Gasteiger partial charge on any atom is 0.411 e. The minimum absolute atomic E-state index is 0.00614. The molecule has 328 valence electrons. The minimum atomic E-state index is -0.696. The molecule has 2 unspecified atom stereocenters. The van der Waals surface area contributed by atoms with Gasteiger partial charge in [0, 0.05) is 32.4 Å². The number of cyclic esters (lactones) is 2. The van der Waals surface area contributed by atoms with Gasteiger partial charge in [0.2, 0.25) is 0 Å². The molecule has 6 aromatic rings. The fourth-order valence-corrected chi connectivity index (χ4v) is 8.80. The first-order valence-corrected chi connectivity index (χ1v) is 21.7. The number of carbonyl (C=O) groups excluding carboxylic acids is 2. The average Bonchev–Trinajstić information content (AvgIpc) is 3.97. The number of rotatable bonds is 11. The number of hydrogen-bond donors (Lipinski definition) is 0. The highest BCUT2D eigenvalue weighted by molar-refractivity contribution is 5.71. The Bertz CT molecular complexity index is 2500. The van der Waals surface area contributed by atoms with Crippen LogP contribution in [0.25, 0.3) is 11.4 Å². The number of nitrogens with zero attached hydrogens (tertiary/aromatic N) is 8. The van der Waals surface area contributed by atoms with Crippen LogP contribution in [0.5, 0.6) is 0 Å². The molecule has 4 aromatic carbocycles. The van der Waals surface area contributed by atoms with E-state index in [0.29, 0.717) is 31.6 Å². The topological polar surface area (TPSA) is 121 Å². The first-order chi connectivity index (χ1) is 29.9. The van der Waals surface area contributed by atoms with Gasteiger partial charge >= 0.3 is 12.2 Å². The van der Waals surface area contributed by atoms with Crippen molar-refractivity contribution in [1.29, 1.82) is 0 Å². The quantitative estimate of drug-likeness (QED) is 0.118. The number of hydrogen-bond acceptors (Lipinski definition) is 8. The Hall–Kier alpha value is -6.56. The summed E-state index contributed by atoms with van der Waals surface area (Å²) in [6.45, 7) is 21.6. The molecular weight excluding hydrogens is 789 g/mol. The lowest BCUT2D eigenvalue weighted by Crippen LogP contribution is -2.55. The summed E-state index contributed by atoms with van der Waals surface area (Å²) in [5, 5.41) is 17.3. The van der Waals surface area contributed by atoms with E-state index in [2.05, 4.69) is 60.1 Å². The standard InChI is InChI=1S/C26H32N4O2.C25H28N4O2/c1-24(2,3)19-26(20-12-8-6-9-13-20)16-17-29(23(31)32-26)25(4,5)22-18-30(28-27-22)21-14-10-7-11-15-21;1-19(2)17-25(20-11-7-5-8-12-20)15-16-28(23(30)31-25)24(3,4)22-18-29(27-26-22)21-13-9-6-10-14-21/h6-15,18H,16-17,19H2,1-5H3;5-14,18H,1,15-17H2,2-4H3. The summed E-state index contributed by atoms with van der Waals surface area (Å²) in [6.07, 6.45) is 5.84. The van der Waals surface area contributed by atoms with Gasteiger partial charge in [0.15, 0.2) is 0 Å². The number of benzene rings is 4. The molecule has 12 heteroatoms. The highest BCUT2D eigenvalue weighted by atomic mass is 16.6. The van der Waals surface area contributed by atoms with E-state index in [1.807, 2.05) is 156 Å². The first kappa shape index (κ1) is 44.5. The Morgan fingerprint density at radius 2 is 0.952 bits per heavy atom. The summed E-state index contributed by atoms with van der Waals surface area (Å²) < 4.78 is 15.9. The third-order valence-electron chi connectivity index (χ3n) is 12.1. The Morgan fingerprint density at radius 1 is 0.587 bits per heavy atom. The van der Waals surface area contributed by atoms with E-state index >= 15 is 0 Å². The van der Waals surface area contributed by atoms with Crippen LogP contribution in [-0.2, 0) is 31.8 Å². The van der Waals surface area contributed by atoms with Crippen molar-refractivity contribution in [1.82, 2.24) is 39.8 Å². The van der Waals surface area contributed by atoms with Crippen LogP contribution in [-0.4, -0.2) is 65.1 Å². The summed E-state index contributed by atoms with van der Waals surface area (Å²) in [5.41, 5.74) is 3.66. The molecular formula is C51H60N8O4. The van der Waals surface area contributed by atoms with Gasteiger partial charge in [-0.3, -0.25) is 9.80 Å². The highest BCUT2D eigenvalue weighted by Crippen LogP contribution is 2.46. The smallest absolute Gasteiger partial charge is 0.411 e. The lowest BCUT2D eigenvalue weighted by molar-refractivity contribution is -0.0920. The molecule has 0 saturated carbocycles. The third-order valence-corrected chi connectivity index (χ3v) is 12.1. The van der Waals surface area contributed by atoms with E-state index in [-0.39, 0.29) is 17.6 Å². The molecule has 2 saturated heterocycles. The lowest BCUT2D eigenvalue weighted by atomic mass is 9.75. The van der Waals surface area contributed by atoms with Gasteiger partial charge in [-0.2, -0.15) is 0 Å². The van der Waals surface area contributed by atoms with Crippen molar-refractivity contribution in [3.05, 3.63) is 168 Å². The van der Waals surface area contributed by atoms with Crippen molar-refractivity contribution >= 4 is 12.2 Å². The summed E-state index contributed by atoms with van der Waals surface area (Å²) in [4.78, 5) is 30.2. The van der Waals surface area contributed by atoms with Crippen LogP contribution in [0.3, 0.4) is 0 Å². The largest absolute Gasteiger partial charge is 0.438 e. The number of para-hydroxylation sites is 2. The monoisotopic (exact) mass is 848 g/mol. The summed E-state index contributed by atoms with van der Waals surface area (Å²) >= 11 is 0. The van der Waals surface area contributed by atoms with Gasteiger partial charge in [-0.1, -0.05) is 140 Å². The van der Waals surface area contributed by atoms with Crippen LogP contribution >= 0.6 is 0 Å². The van der Waals surface area contributed by atoms with Crippen LogP contribution in [0.4, 0.5) is 9.59 Å². The molecule has 2 aliphatic heterocycles. The SMILES string of the molecule is C=C(C)CC1(c2ccccc2)CCN(C(C)(C)c2cn(-c3ccccc3)nn2)C(=O)O1.CC(C)(C)CC1(c2ccccc2)CCN(C(C)(C)c2cn(-c3ccccc3)nn2)C(=O)O1. The number of ether oxygens (including phenoxy) is 2. The van der Waals surface area contributed by atoms with Crippen LogP contribution in [0, 0.1) is 5.41 Å². The van der Waals surface area contributed by atoms with Crippen molar-refractivity contribution in [2.24, 2.45) is 5.41 Å². The van der Waals surface area contributed by atoms with Crippen molar-refractivity contribution in [3.8, 4) is 11.4 Å². The van der Waals surface area contributed by atoms with Crippen LogP contribution < -0.4 is 0 Å². The Morgan fingerprint density at radius 3 is 1.33 bits per heavy atom. The number of aromatic nitrogens is 6. The van der Waals surface area contributed by atoms with E-state index < -0.39 is 22.3 Å². The van der Waals surface area contributed by atoms with E-state index in [9.17, 15) is 9.59 Å². The number of amides is 2. The molecule has 2 amide bonds. The molecule has 0 radical (unpaired) electrons. The molecule has 0 aliphatic carbocycles. The fourth-order valence-electron chi connectivity index (χ4n) is 8.80. The van der Waals surface area contributed by atoms with Crippen molar-refractivity contribution in [3.63, 3.8) is 0 Å². The fraction of sp³-hybridized carbons (Fsp3) is 0.373. The van der Waals surface area contributed by atoms with E-state index in [1.165, 1.54) is 0 Å². The zero-order valence-corrected chi connectivity index (χ0v) is 37.9. The molecule has 0 bridgehead atoms. The Balaban J connectivity index is 0.000000189. The normalized spacial score (nSPS) is 19.4. The van der Waals surface area contributed by atoms with Crippen molar-refractivity contribution in [2.45, 2.75) is 103 Å². The molecule has 2 fully saturated rings. The van der Waals surface area contributed by atoms with Gasteiger partial charge in [0.1, 0.15) is 22.6 Å². The second-order valence-electron chi connectivity index (χ2n) is 19.0. The summed E-state index contributed by atoms with van der Waals surface area (Å²) in [7, 11) is 0. The van der Waals surface area contributed by atoms with Gasteiger partial charge in [-0.15, -0.1) is 10.2 Å². The lowest BCUT2D eigenvalue weighted by Gasteiger charge is -2.48. The van der Waals surface area contributed by atoms with E-state index in [1.54, 1.807) is 19.2 Å². The molecule has 2 aromatic heterocycles. The van der Waals surface area contributed by atoms with Gasteiger partial charge < -0.3 is 9.47 Å². The van der Waals surface area contributed by atoms with Crippen molar-refractivity contribution < 1.29 is 19.1 Å². The van der Waals surface area contributed by atoms with Gasteiger partial charge in [-0.05, 0) is 81.8 Å². The zero-order chi connectivity index (χ0) is 45.0. The van der Waals surface area contributed by atoms with Gasteiger partial charge in [-0.25, -0.2) is 19.0 Å². The Kier molecular flexibility index (Phi) is 12.5. The highest BCUT2D eigenvalue weighted by Gasteiger charge is 2.49. The summed E-state index contributed by atoms with van der Waals surface area (Å²) in [6, 6.07) is 39.7. The van der Waals surface area contributed by atoms with E-state index in [0.717, 1.165) is 46.6 Å². The maximum atomic E-state index is 13.4. The maximum absolute atomic E-state index is 13.4. The van der Waals surface area contributed by atoms with Crippen LogP contribution in [0.15, 0.2) is 146 Å². The predicted octanol–water partition coefficient (Wildman–Crippen LogP) is 10.9. The molecule has 0 spiro atoms. The van der Waals surface area contributed by atoms with E-state index in [4.69, 9.17) is 9.47 Å². The van der Waals surface area contributed by atoms with Gasteiger partial charge in [0.25, 0.3) is 0 Å². The number of carbonyl (C=O) groups is 2. The molecule has 4 heterocycles. The summed E-state index contributed by atoms with van der Waals surface area (Å²) in [5.74, 6) is 0. The first-order valence-electron chi connectivity index (χ1n) is 21.7. The van der Waals surface area contributed by atoms with Crippen LogP contribution in [0.1, 0.15) is 104 Å².